The summed E-state index contributed by atoms with van der Waals surface area (Å²) in [4.78, 5) is 0. The highest BCUT2D eigenvalue weighted by atomic mass is 16.5. The molecule has 0 amide bonds. The number of hydrogen-bond acceptors (Lipinski definition) is 4. The van der Waals surface area contributed by atoms with E-state index in [9.17, 15) is 0 Å². The van der Waals surface area contributed by atoms with Gasteiger partial charge in [0.25, 0.3) is 0 Å². The van der Waals surface area contributed by atoms with Crippen LogP contribution in [0.2, 0.25) is 0 Å². The smallest absolute Gasteiger partial charge is 0.131 e. The van der Waals surface area contributed by atoms with Crippen LogP contribution in [-0.2, 0) is 0 Å². The Morgan fingerprint density at radius 3 is 1.89 bits per heavy atom. The average Bonchev–Trinajstić information content (AvgIpc) is 2.43. The molecule has 0 bridgehead atoms. The van der Waals surface area contributed by atoms with Crippen molar-refractivity contribution in [3.63, 3.8) is 0 Å². The Hall–Kier alpha value is -1.42. The lowest BCUT2D eigenvalue weighted by Crippen LogP contribution is -2.20. The Morgan fingerprint density at radius 1 is 1.06 bits per heavy atom. The first-order valence-corrected chi connectivity index (χ1v) is 6.14. The van der Waals surface area contributed by atoms with Gasteiger partial charge in [0.15, 0.2) is 0 Å². The maximum atomic E-state index is 6.29. The van der Waals surface area contributed by atoms with Gasteiger partial charge < -0.3 is 19.9 Å². The molecule has 1 aromatic rings. The van der Waals surface area contributed by atoms with Gasteiger partial charge >= 0.3 is 0 Å². The van der Waals surface area contributed by atoms with Crippen molar-refractivity contribution in [1.82, 2.24) is 0 Å². The topological polar surface area (TPSA) is 53.7 Å². The van der Waals surface area contributed by atoms with Crippen molar-refractivity contribution in [2.75, 3.05) is 21.3 Å². The number of benzene rings is 1. The van der Waals surface area contributed by atoms with Crippen LogP contribution < -0.4 is 19.9 Å². The lowest BCUT2D eigenvalue weighted by Gasteiger charge is -2.23. The van der Waals surface area contributed by atoms with Crippen molar-refractivity contribution in [2.24, 2.45) is 11.7 Å². The summed E-state index contributed by atoms with van der Waals surface area (Å²) in [7, 11) is 4.87. The third-order valence-electron chi connectivity index (χ3n) is 3.34. The third-order valence-corrected chi connectivity index (χ3v) is 3.34. The first kappa shape index (κ1) is 14.6. The highest BCUT2D eigenvalue weighted by Crippen LogP contribution is 2.40. The van der Waals surface area contributed by atoms with Crippen molar-refractivity contribution in [3.8, 4) is 17.2 Å². The van der Waals surface area contributed by atoms with E-state index < -0.39 is 0 Å². The van der Waals surface area contributed by atoms with Crippen molar-refractivity contribution in [1.29, 1.82) is 0 Å². The largest absolute Gasteiger partial charge is 0.496 e. The van der Waals surface area contributed by atoms with Crippen LogP contribution in [0.5, 0.6) is 17.2 Å². The van der Waals surface area contributed by atoms with E-state index >= 15 is 0 Å². The zero-order chi connectivity index (χ0) is 13.7. The predicted molar refractivity (Wildman–Crippen MR) is 72.5 cm³/mol. The average molecular weight is 253 g/mol. The zero-order valence-electron chi connectivity index (χ0n) is 11.8. The molecule has 1 unspecified atom stereocenters. The van der Waals surface area contributed by atoms with Crippen LogP contribution in [0.3, 0.4) is 0 Å². The highest BCUT2D eigenvalue weighted by Gasteiger charge is 2.23. The normalized spacial score (nSPS) is 13.9. The monoisotopic (exact) mass is 253 g/mol. The first-order valence-electron chi connectivity index (χ1n) is 6.14. The summed E-state index contributed by atoms with van der Waals surface area (Å²) < 4.78 is 16.0. The Kier molecular flexibility index (Phi) is 5.28. The van der Waals surface area contributed by atoms with Crippen LogP contribution in [-0.4, -0.2) is 21.3 Å². The highest BCUT2D eigenvalue weighted by molar-refractivity contribution is 5.52. The predicted octanol–water partition coefficient (Wildman–Crippen LogP) is 2.76. The Bertz CT molecular complexity index is 368. The lowest BCUT2D eigenvalue weighted by atomic mass is 9.92. The van der Waals surface area contributed by atoms with Crippen molar-refractivity contribution in [2.45, 2.75) is 26.3 Å². The summed E-state index contributed by atoms with van der Waals surface area (Å²) in [6.07, 6.45) is 1.000. The lowest BCUT2D eigenvalue weighted by molar-refractivity contribution is 0.350. The van der Waals surface area contributed by atoms with Crippen LogP contribution in [0.4, 0.5) is 0 Å². The molecule has 102 valence electrons. The second kappa shape index (κ2) is 6.50. The van der Waals surface area contributed by atoms with E-state index in [0.29, 0.717) is 23.2 Å². The van der Waals surface area contributed by atoms with Gasteiger partial charge in [-0.05, 0) is 5.92 Å². The number of hydrogen-bond donors (Lipinski definition) is 1. The molecule has 0 saturated carbocycles. The second-order valence-electron chi connectivity index (χ2n) is 4.36. The van der Waals surface area contributed by atoms with Gasteiger partial charge in [0.1, 0.15) is 17.2 Å². The number of nitrogens with two attached hydrogens (primary N) is 1. The van der Waals surface area contributed by atoms with Gasteiger partial charge in [-0.1, -0.05) is 20.3 Å². The SMILES string of the molecule is CCC(C)[C@@H](N)c1c(OC)cc(OC)cc1OC. The first-order chi connectivity index (χ1) is 8.58. The van der Waals surface area contributed by atoms with E-state index in [1.807, 2.05) is 12.1 Å². The van der Waals surface area contributed by atoms with Gasteiger partial charge in [-0.25, -0.2) is 0 Å². The molecule has 0 fully saturated rings. The minimum Gasteiger partial charge on any atom is -0.496 e. The summed E-state index contributed by atoms with van der Waals surface area (Å²) in [6, 6.07) is 3.55. The molecular formula is C14H23NO3. The molecule has 0 spiro atoms. The molecule has 0 saturated heterocycles. The molecule has 0 aliphatic carbocycles. The number of methoxy groups -OCH3 is 3. The molecule has 0 radical (unpaired) electrons. The van der Waals surface area contributed by atoms with Gasteiger partial charge in [0.05, 0.1) is 26.9 Å². The van der Waals surface area contributed by atoms with Gasteiger partial charge in [-0.3, -0.25) is 0 Å². The zero-order valence-corrected chi connectivity index (χ0v) is 11.8. The Morgan fingerprint density at radius 2 is 1.56 bits per heavy atom. The Balaban J connectivity index is 3.30. The quantitative estimate of drug-likeness (QED) is 0.847. The van der Waals surface area contributed by atoms with Crippen LogP contribution >= 0.6 is 0 Å². The molecule has 4 heteroatoms. The maximum Gasteiger partial charge on any atom is 0.131 e. The fourth-order valence-corrected chi connectivity index (χ4v) is 1.90. The number of rotatable bonds is 6. The third kappa shape index (κ3) is 2.88. The van der Waals surface area contributed by atoms with Gasteiger partial charge in [0, 0.05) is 18.2 Å². The minimum atomic E-state index is -0.120. The van der Waals surface area contributed by atoms with Crippen LogP contribution in [0.25, 0.3) is 0 Å². The van der Waals surface area contributed by atoms with Crippen LogP contribution in [0.1, 0.15) is 31.9 Å². The van der Waals surface area contributed by atoms with E-state index in [4.69, 9.17) is 19.9 Å². The van der Waals surface area contributed by atoms with Gasteiger partial charge in [-0.2, -0.15) is 0 Å². The minimum absolute atomic E-state index is 0.120. The Labute approximate surface area is 109 Å². The van der Waals surface area contributed by atoms with E-state index in [1.54, 1.807) is 21.3 Å². The molecule has 18 heavy (non-hydrogen) atoms. The molecular weight excluding hydrogens is 230 g/mol. The summed E-state index contributed by atoms with van der Waals surface area (Å²) in [5, 5.41) is 0. The summed E-state index contributed by atoms with van der Waals surface area (Å²) in [5.41, 5.74) is 7.19. The summed E-state index contributed by atoms with van der Waals surface area (Å²) in [5.74, 6) is 2.46. The van der Waals surface area contributed by atoms with Crippen molar-refractivity contribution in [3.05, 3.63) is 17.7 Å². The molecule has 2 atom stereocenters. The molecule has 1 rings (SSSR count). The van der Waals surface area contributed by atoms with Crippen LogP contribution in [0, 0.1) is 5.92 Å². The molecule has 0 heterocycles. The van der Waals surface area contributed by atoms with Gasteiger partial charge in [-0.15, -0.1) is 0 Å². The van der Waals surface area contributed by atoms with E-state index in [-0.39, 0.29) is 6.04 Å². The molecule has 4 nitrogen and oxygen atoms in total. The fourth-order valence-electron chi connectivity index (χ4n) is 1.90. The van der Waals surface area contributed by atoms with Crippen molar-refractivity contribution >= 4 is 0 Å². The second-order valence-corrected chi connectivity index (χ2v) is 4.36. The van der Waals surface area contributed by atoms with E-state index in [1.165, 1.54) is 0 Å². The van der Waals surface area contributed by atoms with E-state index in [0.717, 1.165) is 12.0 Å². The molecule has 0 aliphatic heterocycles. The molecule has 2 N–H and O–H groups in total. The summed E-state index contributed by atoms with van der Waals surface area (Å²) in [6.45, 7) is 4.24. The fraction of sp³-hybridized carbons (Fsp3) is 0.571. The maximum absolute atomic E-state index is 6.29. The molecule has 1 aromatic carbocycles. The van der Waals surface area contributed by atoms with Gasteiger partial charge in [0.2, 0.25) is 0 Å². The summed E-state index contributed by atoms with van der Waals surface area (Å²) >= 11 is 0. The molecule has 0 aromatic heterocycles. The van der Waals surface area contributed by atoms with Crippen molar-refractivity contribution < 1.29 is 14.2 Å². The number of ether oxygens (including phenoxy) is 3. The van der Waals surface area contributed by atoms with Crippen LogP contribution in [0.15, 0.2) is 12.1 Å². The molecule has 0 aliphatic rings. The van der Waals surface area contributed by atoms with E-state index in [2.05, 4.69) is 13.8 Å². The standard InChI is InChI=1S/C14H23NO3/c1-6-9(2)14(15)13-11(17-4)7-10(16-3)8-12(13)18-5/h7-9,14H,6,15H2,1-5H3/t9?,14-/m1/s1.